The zero-order chi connectivity index (χ0) is 17.2. The van der Waals surface area contributed by atoms with Crippen LogP contribution in [-0.4, -0.2) is 13.6 Å². The minimum atomic E-state index is -3.76. The maximum atomic E-state index is 12.6. The van der Waals surface area contributed by atoms with Gasteiger partial charge in [0.2, 0.25) is 0 Å². The van der Waals surface area contributed by atoms with Gasteiger partial charge >= 0.3 is 0 Å². The average molecular weight is 425 g/mol. The quantitative estimate of drug-likeness (QED) is 0.639. The molecule has 5 nitrogen and oxygen atoms in total. The van der Waals surface area contributed by atoms with E-state index in [1.165, 1.54) is 0 Å². The SMILES string of the molecule is Cc1noc(NS(=O)(=O)c2sccc2C=Cc2ccccc2)c1Br. The fourth-order valence-corrected chi connectivity index (χ4v) is 4.69. The number of thiophene rings is 1. The molecule has 2 aromatic heterocycles. The Kier molecular flexibility index (Phi) is 4.88. The molecule has 0 spiro atoms. The van der Waals surface area contributed by atoms with Crippen molar-refractivity contribution in [3.05, 3.63) is 63.1 Å². The minimum Gasteiger partial charge on any atom is -0.336 e. The van der Waals surface area contributed by atoms with Crippen LogP contribution in [0.2, 0.25) is 0 Å². The molecule has 0 fully saturated rings. The molecule has 1 N–H and O–H groups in total. The number of aryl methyl sites for hydroxylation is 1. The fourth-order valence-electron chi connectivity index (χ4n) is 1.99. The second kappa shape index (κ2) is 6.92. The van der Waals surface area contributed by atoms with Gasteiger partial charge in [-0.2, -0.15) is 0 Å². The van der Waals surface area contributed by atoms with E-state index >= 15 is 0 Å². The number of nitrogens with zero attached hydrogens (tertiary/aromatic N) is 1. The molecule has 1 aromatic carbocycles. The van der Waals surface area contributed by atoms with Crippen molar-refractivity contribution in [1.29, 1.82) is 0 Å². The van der Waals surface area contributed by atoms with Crippen LogP contribution in [-0.2, 0) is 10.0 Å². The zero-order valence-corrected chi connectivity index (χ0v) is 15.8. The molecule has 124 valence electrons. The van der Waals surface area contributed by atoms with Crippen LogP contribution < -0.4 is 4.72 Å². The van der Waals surface area contributed by atoms with Gasteiger partial charge in [-0.15, -0.1) is 11.3 Å². The van der Waals surface area contributed by atoms with Gasteiger partial charge in [-0.3, -0.25) is 0 Å². The Morgan fingerprint density at radius 1 is 1.21 bits per heavy atom. The molecule has 0 aliphatic carbocycles. The lowest BCUT2D eigenvalue weighted by Gasteiger charge is -2.04. The Balaban J connectivity index is 1.89. The summed E-state index contributed by atoms with van der Waals surface area (Å²) < 4.78 is 33.4. The Bertz CT molecular complexity index is 976. The van der Waals surface area contributed by atoms with Gasteiger partial charge in [0, 0.05) is 5.56 Å². The lowest BCUT2D eigenvalue weighted by molar-refractivity contribution is 0.430. The molecule has 0 atom stereocenters. The van der Waals surface area contributed by atoms with Gasteiger partial charge in [-0.1, -0.05) is 47.6 Å². The van der Waals surface area contributed by atoms with E-state index in [1.54, 1.807) is 24.4 Å². The number of benzene rings is 1. The number of hydrogen-bond acceptors (Lipinski definition) is 5. The molecule has 0 aliphatic heterocycles. The Morgan fingerprint density at radius 2 is 1.96 bits per heavy atom. The van der Waals surface area contributed by atoms with Crippen molar-refractivity contribution in [3.63, 3.8) is 0 Å². The van der Waals surface area contributed by atoms with Crippen molar-refractivity contribution in [3.8, 4) is 0 Å². The van der Waals surface area contributed by atoms with Crippen molar-refractivity contribution < 1.29 is 12.9 Å². The normalized spacial score (nSPS) is 11.9. The molecular weight excluding hydrogens is 412 g/mol. The first-order valence-corrected chi connectivity index (χ1v) is 10.1. The van der Waals surface area contributed by atoms with Crippen molar-refractivity contribution in [2.45, 2.75) is 11.1 Å². The largest absolute Gasteiger partial charge is 0.336 e. The number of nitrogens with one attached hydrogen (secondary N) is 1. The Hall–Kier alpha value is -1.90. The summed E-state index contributed by atoms with van der Waals surface area (Å²) in [7, 11) is -3.76. The number of anilines is 1. The van der Waals surface area contributed by atoms with Crippen molar-refractivity contribution in [2.24, 2.45) is 0 Å². The summed E-state index contributed by atoms with van der Waals surface area (Å²) in [5.41, 5.74) is 2.18. The van der Waals surface area contributed by atoms with Gasteiger partial charge in [0.25, 0.3) is 15.9 Å². The monoisotopic (exact) mass is 424 g/mol. The van der Waals surface area contributed by atoms with Crippen LogP contribution in [0.15, 0.2) is 55.0 Å². The van der Waals surface area contributed by atoms with Crippen molar-refractivity contribution in [2.75, 3.05) is 4.72 Å². The summed E-state index contributed by atoms with van der Waals surface area (Å²) in [4.78, 5) is 0. The molecule has 0 aliphatic rings. The number of aromatic nitrogens is 1. The molecule has 0 bridgehead atoms. The maximum Gasteiger partial charge on any atom is 0.274 e. The standard InChI is InChI=1S/C16H13BrN2O3S2/c1-11-14(17)15(22-18-11)19-24(20,21)16-13(9-10-23-16)8-7-12-5-3-2-4-6-12/h2-10,19H,1H3. The number of halogens is 1. The Labute approximate surface area is 152 Å². The molecule has 2 heterocycles. The van der Waals surface area contributed by atoms with E-state index in [-0.39, 0.29) is 10.1 Å². The van der Waals surface area contributed by atoms with Crippen LogP contribution in [0, 0.1) is 6.92 Å². The highest BCUT2D eigenvalue weighted by atomic mass is 79.9. The number of hydrogen-bond donors (Lipinski definition) is 1. The third kappa shape index (κ3) is 3.61. The van der Waals surface area contributed by atoms with Crippen LogP contribution in [0.4, 0.5) is 5.88 Å². The van der Waals surface area contributed by atoms with Gasteiger partial charge in [0.05, 0.1) is 5.69 Å². The zero-order valence-electron chi connectivity index (χ0n) is 12.6. The van der Waals surface area contributed by atoms with Crippen LogP contribution in [0.25, 0.3) is 12.2 Å². The van der Waals surface area contributed by atoms with E-state index < -0.39 is 10.0 Å². The summed E-state index contributed by atoms with van der Waals surface area (Å²) in [5.74, 6) is 0.0684. The van der Waals surface area contributed by atoms with Crippen molar-refractivity contribution >= 4 is 55.3 Å². The molecule has 3 aromatic rings. The second-order valence-electron chi connectivity index (χ2n) is 4.92. The van der Waals surface area contributed by atoms with Crippen LogP contribution in [0.1, 0.15) is 16.8 Å². The predicted molar refractivity (Wildman–Crippen MR) is 99.4 cm³/mol. The first-order chi connectivity index (χ1) is 11.5. The topological polar surface area (TPSA) is 72.2 Å². The summed E-state index contributed by atoms with van der Waals surface area (Å²) in [5, 5.41) is 5.46. The number of sulfonamides is 1. The minimum absolute atomic E-state index is 0.0684. The molecule has 0 unspecified atom stereocenters. The summed E-state index contributed by atoms with van der Waals surface area (Å²) in [6, 6.07) is 11.4. The van der Waals surface area contributed by atoms with E-state index in [0.717, 1.165) is 16.9 Å². The van der Waals surface area contributed by atoms with E-state index in [9.17, 15) is 8.42 Å². The summed E-state index contributed by atoms with van der Waals surface area (Å²) in [6.45, 7) is 1.71. The molecule has 0 amide bonds. The van der Waals surface area contributed by atoms with E-state index in [1.807, 2.05) is 36.4 Å². The first-order valence-electron chi connectivity index (χ1n) is 6.92. The highest BCUT2D eigenvalue weighted by Crippen LogP contribution is 2.31. The molecule has 24 heavy (non-hydrogen) atoms. The second-order valence-corrected chi connectivity index (χ2v) is 8.51. The maximum absolute atomic E-state index is 12.6. The number of rotatable bonds is 5. The molecule has 0 saturated carbocycles. The van der Waals surface area contributed by atoms with Gasteiger partial charge in [0.15, 0.2) is 0 Å². The fraction of sp³-hybridized carbons (Fsp3) is 0.0625. The first kappa shape index (κ1) is 16.9. The van der Waals surface area contributed by atoms with Crippen molar-refractivity contribution in [1.82, 2.24) is 5.16 Å². The molecule has 0 radical (unpaired) electrons. The highest BCUT2D eigenvalue weighted by Gasteiger charge is 2.23. The highest BCUT2D eigenvalue weighted by molar-refractivity contribution is 9.10. The van der Waals surface area contributed by atoms with Crippen LogP contribution in [0.3, 0.4) is 0 Å². The van der Waals surface area contributed by atoms with E-state index in [4.69, 9.17) is 4.52 Å². The van der Waals surface area contributed by atoms with Gasteiger partial charge in [-0.05, 0) is 39.9 Å². The third-order valence-electron chi connectivity index (χ3n) is 3.18. The lowest BCUT2D eigenvalue weighted by atomic mass is 10.2. The summed E-state index contributed by atoms with van der Waals surface area (Å²) in [6.07, 6.45) is 3.65. The van der Waals surface area contributed by atoms with Crippen LogP contribution in [0.5, 0.6) is 0 Å². The van der Waals surface area contributed by atoms with Gasteiger partial charge in [0.1, 0.15) is 8.68 Å². The Morgan fingerprint density at radius 3 is 2.62 bits per heavy atom. The van der Waals surface area contributed by atoms with Crippen LogP contribution >= 0.6 is 27.3 Å². The molecule has 3 rings (SSSR count). The molecule has 8 heteroatoms. The third-order valence-corrected chi connectivity index (χ3v) is 6.96. The smallest absolute Gasteiger partial charge is 0.274 e. The molecule has 0 saturated heterocycles. The lowest BCUT2D eigenvalue weighted by Crippen LogP contribution is -2.12. The predicted octanol–water partition coefficient (Wildman–Crippen LogP) is 4.78. The average Bonchev–Trinajstić information content (AvgIpc) is 3.16. The van der Waals surface area contributed by atoms with E-state index in [0.29, 0.717) is 15.7 Å². The van der Waals surface area contributed by atoms with Gasteiger partial charge < -0.3 is 4.52 Å². The van der Waals surface area contributed by atoms with E-state index in [2.05, 4.69) is 25.8 Å². The summed E-state index contributed by atoms with van der Waals surface area (Å²) >= 11 is 4.40. The molecular formula is C16H13BrN2O3S2. The van der Waals surface area contributed by atoms with Gasteiger partial charge in [-0.25, -0.2) is 13.1 Å².